The molecule has 0 spiro atoms. The molecule has 1 amide bonds. The first-order chi connectivity index (χ1) is 11.2. The summed E-state index contributed by atoms with van der Waals surface area (Å²) < 4.78 is 8.10. The predicted octanol–water partition coefficient (Wildman–Crippen LogP) is 3.08. The molecule has 0 fully saturated rings. The molecule has 0 saturated heterocycles. The van der Waals surface area contributed by atoms with Gasteiger partial charge in [0.15, 0.2) is 11.4 Å². The fourth-order valence-electron chi connectivity index (χ4n) is 2.35. The van der Waals surface area contributed by atoms with Crippen molar-refractivity contribution in [2.75, 3.05) is 13.7 Å². The van der Waals surface area contributed by atoms with Crippen LogP contribution in [0.4, 0.5) is 0 Å². The van der Waals surface area contributed by atoms with Gasteiger partial charge in [-0.2, -0.15) is 0 Å². The molecule has 5 nitrogen and oxygen atoms in total. The molecule has 0 unspecified atom stereocenters. The Hall–Kier alpha value is -2.34. The third-order valence-corrected chi connectivity index (χ3v) is 3.96. The molecular weight excluding hydrogens is 358 g/mol. The maximum Gasteiger partial charge on any atom is 0.251 e. The maximum atomic E-state index is 12.1. The van der Waals surface area contributed by atoms with E-state index >= 15 is 0 Å². The van der Waals surface area contributed by atoms with E-state index in [1.807, 2.05) is 41.1 Å². The molecule has 1 aromatic carbocycles. The number of hydrogen-bond donors (Lipinski definition) is 1. The lowest BCUT2D eigenvalue weighted by Gasteiger charge is -2.04. The fraction of sp³-hybridized carbons (Fsp3) is 0.176. The van der Waals surface area contributed by atoms with Gasteiger partial charge in [0.05, 0.1) is 12.8 Å². The highest BCUT2D eigenvalue weighted by Crippen LogP contribution is 2.18. The summed E-state index contributed by atoms with van der Waals surface area (Å²) in [6, 6.07) is 11.1. The first-order valence-electron chi connectivity index (χ1n) is 7.22. The second-order valence-electron chi connectivity index (χ2n) is 5.06. The van der Waals surface area contributed by atoms with Crippen LogP contribution in [0.25, 0.3) is 5.65 Å². The highest BCUT2D eigenvalue weighted by Gasteiger charge is 2.08. The van der Waals surface area contributed by atoms with Crippen LogP contribution in [0.5, 0.6) is 5.75 Å². The van der Waals surface area contributed by atoms with Crippen LogP contribution >= 0.6 is 15.9 Å². The quantitative estimate of drug-likeness (QED) is 0.747. The molecule has 0 bridgehead atoms. The number of hydrogen-bond acceptors (Lipinski definition) is 3. The summed E-state index contributed by atoms with van der Waals surface area (Å²) in [6.45, 7) is 0.525. The molecular formula is C17H16BrN3O2. The van der Waals surface area contributed by atoms with E-state index in [1.54, 1.807) is 19.2 Å². The fourth-order valence-corrected chi connectivity index (χ4v) is 2.75. The molecule has 6 heteroatoms. The van der Waals surface area contributed by atoms with Gasteiger partial charge >= 0.3 is 0 Å². The van der Waals surface area contributed by atoms with E-state index in [4.69, 9.17) is 4.74 Å². The van der Waals surface area contributed by atoms with Gasteiger partial charge in [0.2, 0.25) is 0 Å². The highest BCUT2D eigenvalue weighted by atomic mass is 79.9. The molecule has 0 radical (unpaired) electrons. The number of amides is 1. The maximum absolute atomic E-state index is 12.1. The van der Waals surface area contributed by atoms with Crippen molar-refractivity contribution in [3.05, 3.63) is 64.5 Å². The predicted molar refractivity (Wildman–Crippen MR) is 91.9 cm³/mol. The van der Waals surface area contributed by atoms with Crippen molar-refractivity contribution in [2.24, 2.45) is 0 Å². The molecule has 3 rings (SSSR count). The Bertz CT molecular complexity index is 845. The van der Waals surface area contributed by atoms with Crippen LogP contribution in [-0.4, -0.2) is 28.9 Å². The number of ether oxygens (including phenoxy) is 1. The Morgan fingerprint density at radius 2 is 2.22 bits per heavy atom. The minimum atomic E-state index is -0.0901. The molecule has 0 saturated carbocycles. The summed E-state index contributed by atoms with van der Waals surface area (Å²) in [5, 5.41) is 2.91. The minimum Gasteiger partial charge on any atom is -0.493 e. The first kappa shape index (κ1) is 15.6. The zero-order chi connectivity index (χ0) is 16.2. The second kappa shape index (κ2) is 6.83. The van der Waals surface area contributed by atoms with Crippen LogP contribution in [0, 0.1) is 0 Å². The summed E-state index contributed by atoms with van der Waals surface area (Å²) in [5.41, 5.74) is 2.32. The van der Waals surface area contributed by atoms with E-state index in [0.717, 1.165) is 21.6 Å². The van der Waals surface area contributed by atoms with Crippen molar-refractivity contribution < 1.29 is 9.53 Å². The summed E-state index contributed by atoms with van der Waals surface area (Å²) in [4.78, 5) is 16.6. The Balaban J connectivity index is 1.64. The van der Waals surface area contributed by atoms with Gasteiger partial charge in [-0.25, -0.2) is 4.98 Å². The van der Waals surface area contributed by atoms with Crippen LogP contribution in [0.15, 0.2) is 53.3 Å². The summed E-state index contributed by atoms with van der Waals surface area (Å²) >= 11 is 3.36. The van der Waals surface area contributed by atoms with Crippen LogP contribution in [-0.2, 0) is 6.42 Å². The second-order valence-corrected chi connectivity index (χ2v) is 5.97. The van der Waals surface area contributed by atoms with E-state index in [1.165, 1.54) is 0 Å². The van der Waals surface area contributed by atoms with Crippen molar-refractivity contribution in [3.8, 4) is 5.75 Å². The number of imidazole rings is 1. The van der Waals surface area contributed by atoms with Gasteiger partial charge in [-0.15, -0.1) is 0 Å². The SMILES string of the molecule is COc1cccn2cc(CCNC(=O)c3cccc(Br)c3)nc12. The Morgan fingerprint density at radius 3 is 3.00 bits per heavy atom. The van der Waals surface area contributed by atoms with E-state index in [2.05, 4.69) is 26.2 Å². The van der Waals surface area contributed by atoms with E-state index < -0.39 is 0 Å². The van der Waals surface area contributed by atoms with Gasteiger partial charge in [-0.05, 0) is 30.3 Å². The van der Waals surface area contributed by atoms with Crippen molar-refractivity contribution in [2.45, 2.75) is 6.42 Å². The zero-order valence-corrected chi connectivity index (χ0v) is 14.2. The van der Waals surface area contributed by atoms with Crippen LogP contribution < -0.4 is 10.1 Å². The number of carbonyl (C=O) groups excluding carboxylic acids is 1. The number of fused-ring (bicyclic) bond motifs is 1. The van der Waals surface area contributed by atoms with Crippen LogP contribution in [0.2, 0.25) is 0 Å². The standard InChI is InChI=1S/C17H16BrN3O2/c1-23-15-6-3-9-21-11-14(20-16(15)21)7-8-19-17(22)12-4-2-5-13(18)10-12/h2-6,9-11H,7-8H2,1H3,(H,19,22). The van der Waals surface area contributed by atoms with E-state index in [9.17, 15) is 4.79 Å². The molecule has 0 aliphatic carbocycles. The van der Waals surface area contributed by atoms with E-state index in [-0.39, 0.29) is 5.91 Å². The molecule has 118 valence electrons. The molecule has 23 heavy (non-hydrogen) atoms. The molecule has 3 aromatic rings. The van der Waals surface area contributed by atoms with E-state index in [0.29, 0.717) is 18.5 Å². The number of rotatable bonds is 5. The van der Waals surface area contributed by atoms with Gasteiger partial charge < -0.3 is 14.5 Å². The van der Waals surface area contributed by atoms with Crippen molar-refractivity contribution in [1.82, 2.24) is 14.7 Å². The number of halogens is 1. The number of aromatic nitrogens is 2. The van der Waals surface area contributed by atoms with Gasteiger partial charge in [0.25, 0.3) is 5.91 Å². The summed E-state index contributed by atoms with van der Waals surface area (Å²) in [6.07, 6.45) is 4.53. The number of nitrogens with one attached hydrogen (secondary N) is 1. The Labute approximate surface area is 142 Å². The largest absolute Gasteiger partial charge is 0.493 e. The third kappa shape index (κ3) is 3.53. The molecule has 2 heterocycles. The zero-order valence-electron chi connectivity index (χ0n) is 12.6. The van der Waals surface area contributed by atoms with Crippen molar-refractivity contribution in [1.29, 1.82) is 0 Å². The first-order valence-corrected chi connectivity index (χ1v) is 8.01. The summed E-state index contributed by atoms with van der Waals surface area (Å²) in [5.74, 6) is 0.643. The smallest absolute Gasteiger partial charge is 0.251 e. The lowest BCUT2D eigenvalue weighted by Crippen LogP contribution is -2.25. The lowest BCUT2D eigenvalue weighted by molar-refractivity contribution is 0.0954. The number of pyridine rings is 1. The Morgan fingerprint density at radius 1 is 1.35 bits per heavy atom. The van der Waals surface area contributed by atoms with Gasteiger partial charge in [-0.1, -0.05) is 22.0 Å². The summed E-state index contributed by atoms with van der Waals surface area (Å²) in [7, 11) is 1.63. The molecule has 0 aliphatic rings. The van der Waals surface area contributed by atoms with Gasteiger partial charge in [0.1, 0.15) is 0 Å². The third-order valence-electron chi connectivity index (χ3n) is 3.47. The number of nitrogens with zero attached hydrogens (tertiary/aromatic N) is 2. The average Bonchev–Trinajstić information content (AvgIpc) is 2.97. The molecule has 2 aromatic heterocycles. The van der Waals surface area contributed by atoms with Crippen LogP contribution in [0.3, 0.4) is 0 Å². The number of methoxy groups -OCH3 is 1. The van der Waals surface area contributed by atoms with Crippen molar-refractivity contribution >= 4 is 27.5 Å². The lowest BCUT2D eigenvalue weighted by atomic mass is 10.2. The monoisotopic (exact) mass is 373 g/mol. The minimum absolute atomic E-state index is 0.0901. The topological polar surface area (TPSA) is 55.6 Å². The molecule has 1 N–H and O–H groups in total. The average molecular weight is 374 g/mol. The molecule has 0 atom stereocenters. The van der Waals surface area contributed by atoms with Crippen molar-refractivity contribution in [3.63, 3.8) is 0 Å². The van der Waals surface area contributed by atoms with Crippen LogP contribution in [0.1, 0.15) is 16.1 Å². The molecule has 0 aliphatic heterocycles. The highest BCUT2D eigenvalue weighted by molar-refractivity contribution is 9.10. The van der Waals surface area contributed by atoms with Gasteiger partial charge in [-0.3, -0.25) is 4.79 Å². The normalized spacial score (nSPS) is 10.7. The Kier molecular flexibility index (Phi) is 4.62. The number of carbonyl (C=O) groups is 1. The van der Waals surface area contributed by atoms with Gasteiger partial charge in [0, 0.05) is 35.4 Å². The number of benzene rings is 1.